The summed E-state index contributed by atoms with van der Waals surface area (Å²) in [6, 6.07) is 1.59. The molecule has 0 saturated carbocycles. The molecule has 5 nitrogen and oxygen atoms in total. The van der Waals surface area contributed by atoms with E-state index in [4.69, 9.17) is 15.7 Å². The number of nitrogens with zero attached hydrogens (tertiary/aromatic N) is 3. The van der Waals surface area contributed by atoms with Crippen LogP contribution in [-0.2, 0) is 4.74 Å². The third kappa shape index (κ3) is 2.51. The topological polar surface area (TPSA) is 83.8 Å². The van der Waals surface area contributed by atoms with Gasteiger partial charge in [0.2, 0.25) is 0 Å². The van der Waals surface area contributed by atoms with Gasteiger partial charge in [0, 0.05) is 0 Å². The Balaban J connectivity index is 2.37. The molecule has 0 aromatic heterocycles. The van der Waals surface area contributed by atoms with Crippen molar-refractivity contribution < 1.29 is 4.74 Å². The quantitative estimate of drug-likeness (QED) is 0.462. The molecule has 1 rings (SSSR count). The van der Waals surface area contributed by atoms with E-state index in [1.54, 1.807) is 7.98 Å². The highest BCUT2D eigenvalue weighted by Gasteiger charge is 2.38. The lowest BCUT2D eigenvalue weighted by atomic mass is 9.91. The van der Waals surface area contributed by atoms with Gasteiger partial charge >= 0.3 is 0 Å². The number of hydrogen-bond acceptors (Lipinski definition) is 5. The molecule has 70 valence electrons. The zero-order valence-corrected chi connectivity index (χ0v) is 7.73. The van der Waals surface area contributed by atoms with Crippen LogP contribution in [0.5, 0.6) is 0 Å². The lowest BCUT2D eigenvalue weighted by Crippen LogP contribution is -2.48. The first-order valence-electron chi connectivity index (χ1n) is 4.26. The van der Waals surface area contributed by atoms with Crippen molar-refractivity contribution in [3.8, 4) is 6.07 Å². The van der Waals surface area contributed by atoms with Crippen molar-refractivity contribution in [2.24, 2.45) is 15.9 Å². The first-order chi connectivity index (χ1) is 6.22. The molecule has 0 radical (unpaired) electrons. The third-order valence-corrected chi connectivity index (χ3v) is 2.14. The van der Waals surface area contributed by atoms with Crippen LogP contribution < -0.4 is 5.73 Å². The molecule has 13 heavy (non-hydrogen) atoms. The van der Waals surface area contributed by atoms with Crippen LogP contribution in [-0.4, -0.2) is 32.8 Å². The molecule has 1 unspecified atom stereocenters. The van der Waals surface area contributed by atoms with Crippen molar-refractivity contribution in [3.05, 3.63) is 0 Å². The molecule has 0 bridgehead atoms. The SMILES string of the molecule is BN=NC1(CCC(N)C#N)COC1. The molecule has 0 aromatic carbocycles. The Kier molecular flexibility index (Phi) is 3.40. The van der Waals surface area contributed by atoms with Crippen molar-refractivity contribution in [2.45, 2.75) is 24.4 Å². The average molecular weight is 180 g/mol. The Morgan fingerprint density at radius 2 is 2.38 bits per heavy atom. The van der Waals surface area contributed by atoms with Gasteiger partial charge in [0.1, 0.15) is 5.54 Å². The highest BCUT2D eigenvalue weighted by atomic mass is 16.5. The highest BCUT2D eigenvalue weighted by molar-refractivity contribution is 6.04. The molecule has 0 aliphatic carbocycles. The van der Waals surface area contributed by atoms with E-state index in [2.05, 4.69) is 10.1 Å². The van der Waals surface area contributed by atoms with Crippen molar-refractivity contribution in [2.75, 3.05) is 13.2 Å². The molecule has 1 atom stereocenters. The van der Waals surface area contributed by atoms with Crippen molar-refractivity contribution in [3.63, 3.8) is 0 Å². The molecule has 0 amide bonds. The maximum atomic E-state index is 8.49. The maximum Gasteiger partial charge on any atom is 0.273 e. The monoisotopic (exact) mass is 180 g/mol. The molecule has 0 aromatic rings. The van der Waals surface area contributed by atoms with Gasteiger partial charge in [-0.05, 0) is 12.8 Å². The summed E-state index contributed by atoms with van der Waals surface area (Å²) in [5.74, 6) is 0. The summed E-state index contributed by atoms with van der Waals surface area (Å²) in [6.45, 7) is 1.20. The van der Waals surface area contributed by atoms with Gasteiger partial charge in [-0.25, -0.2) is 0 Å². The first-order valence-corrected chi connectivity index (χ1v) is 4.26. The molecule has 1 aliphatic rings. The smallest absolute Gasteiger partial charge is 0.273 e. The summed E-state index contributed by atoms with van der Waals surface area (Å²) in [5.41, 5.74) is 5.29. The molecule has 2 N–H and O–H groups in total. The maximum absolute atomic E-state index is 8.49. The normalized spacial score (nSPS) is 22.2. The average Bonchev–Trinajstić information content (AvgIpc) is 2.09. The minimum atomic E-state index is -0.399. The summed E-state index contributed by atoms with van der Waals surface area (Å²) < 4.78 is 5.08. The highest BCUT2D eigenvalue weighted by Crippen LogP contribution is 2.27. The fourth-order valence-corrected chi connectivity index (χ4v) is 1.29. The summed E-state index contributed by atoms with van der Waals surface area (Å²) in [6.07, 6.45) is 1.43. The Hall–Kier alpha value is -0.925. The Morgan fingerprint density at radius 1 is 1.69 bits per heavy atom. The molecular weight excluding hydrogens is 167 g/mol. The van der Waals surface area contributed by atoms with Gasteiger partial charge in [-0.15, -0.1) is 0 Å². The Labute approximate surface area is 78.4 Å². The summed E-state index contributed by atoms with van der Waals surface area (Å²) in [5, 5.41) is 16.3. The van der Waals surface area contributed by atoms with E-state index in [0.717, 1.165) is 6.42 Å². The summed E-state index contributed by atoms with van der Waals surface area (Å²) in [4.78, 5) is 0. The summed E-state index contributed by atoms with van der Waals surface area (Å²) in [7, 11) is 1.64. The molecule has 1 saturated heterocycles. The predicted molar refractivity (Wildman–Crippen MR) is 49.8 cm³/mol. The molecule has 1 fully saturated rings. The fraction of sp³-hybridized carbons (Fsp3) is 0.857. The van der Waals surface area contributed by atoms with E-state index in [9.17, 15) is 0 Å². The van der Waals surface area contributed by atoms with Gasteiger partial charge in [0.25, 0.3) is 7.98 Å². The van der Waals surface area contributed by atoms with Gasteiger partial charge in [-0.1, -0.05) is 0 Å². The van der Waals surface area contributed by atoms with E-state index in [0.29, 0.717) is 19.6 Å². The lowest BCUT2D eigenvalue weighted by Gasteiger charge is -2.37. The largest absolute Gasteiger partial charge is 0.376 e. The zero-order valence-electron chi connectivity index (χ0n) is 7.73. The van der Waals surface area contributed by atoms with Crippen LogP contribution >= 0.6 is 0 Å². The number of nitriles is 1. The van der Waals surface area contributed by atoms with Crippen LogP contribution in [0.15, 0.2) is 10.1 Å². The van der Waals surface area contributed by atoms with Gasteiger partial charge in [0.15, 0.2) is 0 Å². The molecule has 0 spiro atoms. The number of hydrogen-bond donors (Lipinski definition) is 1. The Bertz CT molecular complexity index is 233. The molecule has 6 heteroatoms. The second-order valence-corrected chi connectivity index (χ2v) is 3.29. The van der Waals surface area contributed by atoms with Gasteiger partial charge < -0.3 is 10.5 Å². The van der Waals surface area contributed by atoms with Crippen LogP contribution in [0.25, 0.3) is 0 Å². The molecule has 1 aliphatic heterocycles. The van der Waals surface area contributed by atoms with Crippen LogP contribution in [0.2, 0.25) is 0 Å². The van der Waals surface area contributed by atoms with Crippen molar-refractivity contribution in [1.29, 1.82) is 5.26 Å². The lowest BCUT2D eigenvalue weighted by molar-refractivity contribution is -0.0598. The van der Waals surface area contributed by atoms with E-state index in [1.807, 2.05) is 6.07 Å². The van der Waals surface area contributed by atoms with Crippen molar-refractivity contribution in [1.82, 2.24) is 0 Å². The number of nitrogens with two attached hydrogens (primary N) is 1. The number of rotatable bonds is 4. The van der Waals surface area contributed by atoms with Gasteiger partial charge in [0.05, 0.1) is 25.3 Å². The second-order valence-electron chi connectivity index (χ2n) is 3.29. The fourth-order valence-electron chi connectivity index (χ4n) is 1.29. The van der Waals surface area contributed by atoms with E-state index < -0.39 is 6.04 Å². The van der Waals surface area contributed by atoms with Crippen LogP contribution in [0.4, 0.5) is 0 Å². The van der Waals surface area contributed by atoms with Crippen LogP contribution in [0.1, 0.15) is 12.8 Å². The predicted octanol–water partition coefficient (Wildman–Crippen LogP) is -0.613. The van der Waals surface area contributed by atoms with E-state index in [-0.39, 0.29) is 5.54 Å². The second kappa shape index (κ2) is 4.35. The van der Waals surface area contributed by atoms with Crippen LogP contribution in [0.3, 0.4) is 0 Å². The summed E-state index contributed by atoms with van der Waals surface area (Å²) >= 11 is 0. The number of ether oxygens (including phenoxy) is 1. The van der Waals surface area contributed by atoms with E-state index in [1.165, 1.54) is 0 Å². The minimum Gasteiger partial charge on any atom is -0.376 e. The zero-order chi connectivity index (χ0) is 9.73. The van der Waals surface area contributed by atoms with E-state index >= 15 is 0 Å². The third-order valence-electron chi connectivity index (χ3n) is 2.14. The standard InChI is InChI=1S/C7H13BN4O/c8-12-11-7(4-13-5-7)2-1-6(10)3-9/h6H,1-2,4-5,8,10H2. The Morgan fingerprint density at radius 3 is 2.77 bits per heavy atom. The minimum absolute atomic E-state index is 0.191. The van der Waals surface area contributed by atoms with Crippen LogP contribution in [0, 0.1) is 11.3 Å². The first kappa shape index (κ1) is 10.2. The van der Waals surface area contributed by atoms with Crippen molar-refractivity contribution >= 4 is 7.98 Å². The molecular formula is C7H13BN4O. The van der Waals surface area contributed by atoms with Gasteiger partial charge in [-0.2, -0.15) is 10.4 Å². The van der Waals surface area contributed by atoms with Gasteiger partial charge in [-0.3, -0.25) is 5.03 Å². The molecule has 1 heterocycles.